The fraction of sp³-hybridized carbons (Fsp3) is 0.353. The average Bonchev–Trinajstić information content (AvgIpc) is 2.49. The van der Waals surface area contributed by atoms with E-state index in [2.05, 4.69) is 29.4 Å². The number of hydrogen-bond acceptors (Lipinski definition) is 3. The Balaban J connectivity index is 2.14. The van der Waals surface area contributed by atoms with Gasteiger partial charge in [0.15, 0.2) is 0 Å². The number of rotatable bonds is 7. The third-order valence-corrected chi connectivity index (χ3v) is 3.67. The molecule has 2 rings (SSSR count). The van der Waals surface area contributed by atoms with Crippen molar-refractivity contribution in [1.29, 1.82) is 0 Å². The maximum absolute atomic E-state index is 6.11. The Morgan fingerprint density at radius 3 is 2.62 bits per heavy atom. The molecule has 3 nitrogen and oxygen atoms in total. The topological polar surface area (TPSA) is 34.2 Å². The van der Waals surface area contributed by atoms with Crippen LogP contribution in [0.1, 0.15) is 18.1 Å². The van der Waals surface area contributed by atoms with Crippen molar-refractivity contribution in [1.82, 2.24) is 10.3 Å². The Kier molecular flexibility index (Phi) is 6.03. The van der Waals surface area contributed by atoms with Crippen molar-refractivity contribution in [3.05, 3.63) is 58.9 Å². The van der Waals surface area contributed by atoms with Gasteiger partial charge in [0.2, 0.25) is 0 Å². The van der Waals surface area contributed by atoms with Gasteiger partial charge < -0.3 is 10.1 Å². The average molecular weight is 305 g/mol. The second kappa shape index (κ2) is 8.01. The van der Waals surface area contributed by atoms with Gasteiger partial charge in [-0.2, -0.15) is 0 Å². The van der Waals surface area contributed by atoms with E-state index in [0.717, 1.165) is 35.7 Å². The zero-order valence-corrected chi connectivity index (χ0v) is 13.2. The number of aromatic nitrogens is 1. The molecule has 4 heteroatoms. The molecule has 1 heterocycles. The fourth-order valence-electron chi connectivity index (χ4n) is 2.48. The first kappa shape index (κ1) is 15.8. The number of halogens is 1. The van der Waals surface area contributed by atoms with Crippen LogP contribution in [-0.2, 0) is 12.8 Å². The number of nitrogens with one attached hydrogen (secondary N) is 1. The smallest absolute Gasteiger partial charge is 0.122 e. The maximum Gasteiger partial charge on any atom is 0.122 e. The van der Waals surface area contributed by atoms with Gasteiger partial charge in [-0.25, -0.2) is 0 Å². The van der Waals surface area contributed by atoms with Gasteiger partial charge >= 0.3 is 0 Å². The summed E-state index contributed by atoms with van der Waals surface area (Å²) in [6, 6.07) is 10.2. The molecule has 2 aromatic rings. The first-order chi connectivity index (χ1) is 10.2. The molecule has 0 aliphatic carbocycles. The molecule has 1 aromatic heterocycles. The van der Waals surface area contributed by atoms with Crippen LogP contribution in [0.15, 0.2) is 42.7 Å². The van der Waals surface area contributed by atoms with Crippen LogP contribution in [0.4, 0.5) is 0 Å². The molecular formula is C17H21ClN2O. The summed E-state index contributed by atoms with van der Waals surface area (Å²) in [6.07, 6.45) is 5.49. The maximum atomic E-state index is 6.11. The lowest BCUT2D eigenvalue weighted by Crippen LogP contribution is -2.33. The summed E-state index contributed by atoms with van der Waals surface area (Å²) in [4.78, 5) is 4.06. The van der Waals surface area contributed by atoms with E-state index in [1.54, 1.807) is 7.11 Å². The molecule has 0 aliphatic rings. The summed E-state index contributed by atoms with van der Waals surface area (Å²) in [7, 11) is 1.69. The third kappa shape index (κ3) is 4.73. The highest BCUT2D eigenvalue weighted by atomic mass is 35.5. The van der Waals surface area contributed by atoms with Gasteiger partial charge in [0.25, 0.3) is 0 Å². The number of pyridine rings is 1. The van der Waals surface area contributed by atoms with Gasteiger partial charge in [0.05, 0.1) is 7.11 Å². The van der Waals surface area contributed by atoms with E-state index < -0.39 is 0 Å². The van der Waals surface area contributed by atoms with Crippen molar-refractivity contribution >= 4 is 11.6 Å². The molecule has 0 amide bonds. The highest BCUT2D eigenvalue weighted by molar-refractivity contribution is 6.30. The van der Waals surface area contributed by atoms with Gasteiger partial charge in [0, 0.05) is 23.5 Å². The molecule has 1 unspecified atom stereocenters. The minimum absolute atomic E-state index is 0.338. The van der Waals surface area contributed by atoms with Crippen molar-refractivity contribution in [2.75, 3.05) is 13.7 Å². The number of nitrogens with zero attached hydrogens (tertiary/aromatic N) is 1. The molecular weight excluding hydrogens is 284 g/mol. The molecule has 0 aliphatic heterocycles. The normalized spacial score (nSPS) is 12.1. The Morgan fingerprint density at radius 2 is 1.95 bits per heavy atom. The summed E-state index contributed by atoms with van der Waals surface area (Å²) in [5.74, 6) is 0.886. The summed E-state index contributed by atoms with van der Waals surface area (Å²) in [6.45, 7) is 3.05. The van der Waals surface area contributed by atoms with E-state index in [9.17, 15) is 0 Å². The molecule has 0 fully saturated rings. The van der Waals surface area contributed by atoms with Crippen molar-refractivity contribution in [3.63, 3.8) is 0 Å². The molecule has 1 N–H and O–H groups in total. The van der Waals surface area contributed by atoms with E-state index in [0.29, 0.717) is 6.04 Å². The first-order valence-electron chi connectivity index (χ1n) is 7.17. The van der Waals surface area contributed by atoms with Gasteiger partial charge in [-0.05, 0) is 60.8 Å². The molecule has 1 atom stereocenters. The van der Waals surface area contributed by atoms with E-state index in [4.69, 9.17) is 16.3 Å². The molecule has 0 radical (unpaired) electrons. The predicted octanol–water partition coefficient (Wildman–Crippen LogP) is 3.51. The predicted molar refractivity (Wildman–Crippen MR) is 87.1 cm³/mol. The Labute approximate surface area is 131 Å². The van der Waals surface area contributed by atoms with Gasteiger partial charge in [-0.3, -0.25) is 4.98 Å². The number of likely N-dealkylation sites (N-methyl/N-ethyl adjacent to an activating group) is 1. The second-order valence-corrected chi connectivity index (χ2v) is 5.41. The molecule has 1 aromatic carbocycles. The molecule has 0 bridgehead atoms. The second-order valence-electron chi connectivity index (χ2n) is 4.97. The summed E-state index contributed by atoms with van der Waals surface area (Å²) < 4.78 is 5.43. The molecule has 112 valence electrons. The zero-order chi connectivity index (χ0) is 15.1. The minimum atomic E-state index is 0.338. The molecule has 0 saturated heterocycles. The van der Waals surface area contributed by atoms with Gasteiger partial charge in [-0.1, -0.05) is 18.5 Å². The standard InChI is InChI=1S/C17H21ClN2O/c1-3-20-16(10-13-6-8-19-9-7-13)12-14-11-15(18)4-5-17(14)21-2/h4-9,11,16,20H,3,10,12H2,1-2H3. The van der Waals surface area contributed by atoms with E-state index in [1.165, 1.54) is 5.56 Å². The van der Waals surface area contributed by atoms with Crippen molar-refractivity contribution in [2.24, 2.45) is 0 Å². The van der Waals surface area contributed by atoms with Crippen molar-refractivity contribution in [3.8, 4) is 5.75 Å². The van der Waals surface area contributed by atoms with E-state index >= 15 is 0 Å². The SMILES string of the molecule is CCNC(Cc1ccncc1)Cc1cc(Cl)ccc1OC. The van der Waals surface area contributed by atoms with Crippen LogP contribution in [0.5, 0.6) is 5.75 Å². The largest absolute Gasteiger partial charge is 0.496 e. The summed E-state index contributed by atoms with van der Waals surface area (Å²) in [5, 5.41) is 4.27. The van der Waals surface area contributed by atoms with Crippen molar-refractivity contribution < 1.29 is 4.74 Å². The van der Waals surface area contributed by atoms with Crippen LogP contribution in [0.2, 0.25) is 5.02 Å². The Morgan fingerprint density at radius 1 is 1.19 bits per heavy atom. The van der Waals surface area contributed by atoms with Gasteiger partial charge in [-0.15, -0.1) is 0 Å². The van der Waals surface area contributed by atoms with E-state index in [-0.39, 0.29) is 0 Å². The lowest BCUT2D eigenvalue weighted by molar-refractivity contribution is 0.404. The number of benzene rings is 1. The van der Waals surface area contributed by atoms with Crippen molar-refractivity contribution in [2.45, 2.75) is 25.8 Å². The monoisotopic (exact) mass is 304 g/mol. The van der Waals surface area contributed by atoms with Crippen LogP contribution < -0.4 is 10.1 Å². The molecule has 0 spiro atoms. The van der Waals surface area contributed by atoms with Crippen LogP contribution in [0, 0.1) is 0 Å². The van der Waals surface area contributed by atoms with Crippen LogP contribution in [0.3, 0.4) is 0 Å². The molecule has 0 saturated carbocycles. The quantitative estimate of drug-likeness (QED) is 0.850. The minimum Gasteiger partial charge on any atom is -0.496 e. The number of ether oxygens (including phenoxy) is 1. The molecule has 21 heavy (non-hydrogen) atoms. The zero-order valence-electron chi connectivity index (χ0n) is 12.5. The number of methoxy groups -OCH3 is 1. The fourth-order valence-corrected chi connectivity index (χ4v) is 2.68. The van der Waals surface area contributed by atoms with Crippen LogP contribution >= 0.6 is 11.6 Å². The summed E-state index contributed by atoms with van der Waals surface area (Å²) >= 11 is 6.11. The van der Waals surface area contributed by atoms with Crippen LogP contribution in [0.25, 0.3) is 0 Å². The first-order valence-corrected chi connectivity index (χ1v) is 7.55. The lowest BCUT2D eigenvalue weighted by atomic mass is 9.99. The van der Waals surface area contributed by atoms with Crippen LogP contribution in [-0.4, -0.2) is 24.7 Å². The Hall–Kier alpha value is -1.58. The van der Waals surface area contributed by atoms with E-state index in [1.807, 2.05) is 30.6 Å². The Bertz CT molecular complexity index is 560. The lowest BCUT2D eigenvalue weighted by Gasteiger charge is -2.19. The highest BCUT2D eigenvalue weighted by Crippen LogP contribution is 2.24. The third-order valence-electron chi connectivity index (χ3n) is 3.43. The van der Waals surface area contributed by atoms with Gasteiger partial charge in [0.1, 0.15) is 5.75 Å². The number of hydrogen-bond donors (Lipinski definition) is 1. The summed E-state index contributed by atoms with van der Waals surface area (Å²) in [5.41, 5.74) is 2.40. The highest BCUT2D eigenvalue weighted by Gasteiger charge is 2.13.